The van der Waals surface area contributed by atoms with Crippen LogP contribution >= 0.6 is 0 Å². The lowest BCUT2D eigenvalue weighted by molar-refractivity contribution is 0.217. The van der Waals surface area contributed by atoms with Crippen LogP contribution in [0.1, 0.15) is 59.1 Å². The molecule has 3 unspecified atom stereocenters. The van der Waals surface area contributed by atoms with Crippen LogP contribution in [0.4, 0.5) is 0 Å². The molecule has 2 nitrogen and oxygen atoms in total. The van der Waals surface area contributed by atoms with Gasteiger partial charge < -0.3 is 10.1 Å². The third-order valence-corrected chi connectivity index (χ3v) is 3.44. The van der Waals surface area contributed by atoms with E-state index in [1.807, 2.05) is 0 Å². The molecule has 0 spiro atoms. The van der Waals surface area contributed by atoms with Gasteiger partial charge in [-0.3, -0.25) is 0 Å². The maximum atomic E-state index is 5.78. The van der Waals surface area contributed by atoms with Crippen molar-refractivity contribution in [1.29, 1.82) is 0 Å². The largest absolute Gasteiger partial charge is 0.491 e. The molecular weight excluding hydrogens is 222 g/mol. The van der Waals surface area contributed by atoms with Crippen LogP contribution in [0.15, 0.2) is 24.3 Å². The molecule has 0 amide bonds. The van der Waals surface area contributed by atoms with Crippen molar-refractivity contribution in [3.05, 3.63) is 29.8 Å². The molecule has 0 saturated carbocycles. The molecule has 2 heteroatoms. The van der Waals surface area contributed by atoms with Crippen molar-refractivity contribution in [2.45, 2.75) is 65.6 Å². The van der Waals surface area contributed by atoms with E-state index in [1.54, 1.807) is 0 Å². The minimum absolute atomic E-state index is 0.284. The van der Waals surface area contributed by atoms with Crippen LogP contribution in [0, 0.1) is 0 Å². The van der Waals surface area contributed by atoms with Crippen LogP contribution in [0.5, 0.6) is 5.75 Å². The molecule has 1 aromatic carbocycles. The Morgan fingerprint density at radius 2 is 1.61 bits per heavy atom. The van der Waals surface area contributed by atoms with Crippen LogP contribution in [0.3, 0.4) is 0 Å². The summed E-state index contributed by atoms with van der Waals surface area (Å²) in [6, 6.07) is 9.37. The Bertz CT molecular complexity index is 333. The van der Waals surface area contributed by atoms with Crippen molar-refractivity contribution >= 4 is 0 Å². The Labute approximate surface area is 112 Å². The summed E-state index contributed by atoms with van der Waals surface area (Å²) >= 11 is 0. The first-order valence-corrected chi connectivity index (χ1v) is 7.09. The summed E-state index contributed by atoms with van der Waals surface area (Å²) in [6.45, 7) is 10.9. The van der Waals surface area contributed by atoms with E-state index in [0.717, 1.165) is 18.6 Å². The van der Waals surface area contributed by atoms with Crippen LogP contribution in [0.2, 0.25) is 0 Å². The summed E-state index contributed by atoms with van der Waals surface area (Å²) in [4.78, 5) is 0. The highest BCUT2D eigenvalue weighted by Gasteiger charge is 2.08. The normalized spacial score (nSPS) is 16.1. The van der Waals surface area contributed by atoms with Crippen molar-refractivity contribution in [2.75, 3.05) is 0 Å². The fourth-order valence-electron chi connectivity index (χ4n) is 1.79. The van der Waals surface area contributed by atoms with Gasteiger partial charge in [-0.2, -0.15) is 0 Å². The molecule has 102 valence electrons. The first-order chi connectivity index (χ1) is 8.56. The summed E-state index contributed by atoms with van der Waals surface area (Å²) in [6.07, 6.45) is 2.47. The van der Waals surface area contributed by atoms with Crippen molar-refractivity contribution < 1.29 is 4.74 Å². The zero-order valence-electron chi connectivity index (χ0n) is 12.4. The van der Waals surface area contributed by atoms with Gasteiger partial charge in [-0.05, 0) is 51.3 Å². The lowest BCUT2D eigenvalue weighted by atomic mass is 10.1. The van der Waals surface area contributed by atoms with Gasteiger partial charge in [0.1, 0.15) is 5.75 Å². The van der Waals surface area contributed by atoms with Crippen LogP contribution in [0.25, 0.3) is 0 Å². The highest BCUT2D eigenvalue weighted by Crippen LogP contribution is 2.19. The molecule has 0 fully saturated rings. The van der Waals surface area contributed by atoms with E-state index in [9.17, 15) is 0 Å². The van der Waals surface area contributed by atoms with Gasteiger partial charge in [0.15, 0.2) is 0 Å². The molecule has 1 aromatic rings. The molecular formula is C16H27NO. The lowest BCUT2D eigenvalue weighted by Crippen LogP contribution is -2.28. The van der Waals surface area contributed by atoms with Crippen LogP contribution in [-0.2, 0) is 0 Å². The van der Waals surface area contributed by atoms with E-state index in [0.29, 0.717) is 12.1 Å². The number of ether oxygens (including phenoxy) is 1. The average Bonchev–Trinajstić information content (AvgIpc) is 2.39. The molecule has 0 heterocycles. The monoisotopic (exact) mass is 249 g/mol. The predicted octanol–water partition coefficient (Wildman–Crippen LogP) is 4.31. The maximum Gasteiger partial charge on any atom is 0.119 e. The highest BCUT2D eigenvalue weighted by atomic mass is 16.5. The highest BCUT2D eigenvalue weighted by molar-refractivity contribution is 5.29. The molecule has 1 N–H and O–H groups in total. The summed E-state index contributed by atoms with van der Waals surface area (Å²) in [5.41, 5.74) is 1.31. The Hall–Kier alpha value is -1.02. The summed E-state index contributed by atoms with van der Waals surface area (Å²) in [5.74, 6) is 0.962. The summed E-state index contributed by atoms with van der Waals surface area (Å²) in [7, 11) is 0. The Morgan fingerprint density at radius 1 is 1.00 bits per heavy atom. The van der Waals surface area contributed by atoms with E-state index in [-0.39, 0.29) is 6.10 Å². The number of hydrogen-bond acceptors (Lipinski definition) is 2. The summed E-state index contributed by atoms with van der Waals surface area (Å²) < 4.78 is 5.78. The fraction of sp³-hybridized carbons (Fsp3) is 0.625. The molecule has 0 bridgehead atoms. The van der Waals surface area contributed by atoms with Gasteiger partial charge in [-0.1, -0.05) is 26.0 Å². The molecule has 1 rings (SSSR count). The molecule has 0 aliphatic heterocycles. The fourth-order valence-corrected chi connectivity index (χ4v) is 1.79. The standard InChI is InChI=1S/C16H27NO/c1-6-12(3)17-14(5)15-8-10-16(11-9-15)18-13(4)7-2/h8-14,17H,6-7H2,1-5H3. The molecule has 0 aromatic heterocycles. The molecule has 3 atom stereocenters. The van der Waals surface area contributed by atoms with E-state index < -0.39 is 0 Å². The number of benzene rings is 1. The minimum Gasteiger partial charge on any atom is -0.491 e. The zero-order valence-corrected chi connectivity index (χ0v) is 12.4. The number of rotatable bonds is 7. The van der Waals surface area contributed by atoms with E-state index in [4.69, 9.17) is 4.74 Å². The minimum atomic E-state index is 0.284. The van der Waals surface area contributed by atoms with E-state index in [1.165, 1.54) is 5.56 Å². The molecule has 0 aliphatic carbocycles. The van der Waals surface area contributed by atoms with Crippen molar-refractivity contribution in [3.8, 4) is 5.75 Å². The lowest BCUT2D eigenvalue weighted by Gasteiger charge is -2.20. The van der Waals surface area contributed by atoms with Gasteiger partial charge in [0, 0.05) is 12.1 Å². The second kappa shape index (κ2) is 7.42. The topological polar surface area (TPSA) is 21.3 Å². The second-order valence-electron chi connectivity index (χ2n) is 5.10. The van der Waals surface area contributed by atoms with Gasteiger partial charge >= 0.3 is 0 Å². The summed E-state index contributed by atoms with van der Waals surface area (Å²) in [5, 5.41) is 3.58. The average molecular weight is 249 g/mol. The van der Waals surface area contributed by atoms with Crippen molar-refractivity contribution in [3.63, 3.8) is 0 Å². The van der Waals surface area contributed by atoms with E-state index >= 15 is 0 Å². The van der Waals surface area contributed by atoms with E-state index in [2.05, 4.69) is 64.2 Å². The molecule has 0 radical (unpaired) electrons. The SMILES string of the molecule is CCC(C)NC(C)c1ccc(OC(C)CC)cc1. The van der Waals surface area contributed by atoms with Crippen LogP contribution < -0.4 is 10.1 Å². The van der Waals surface area contributed by atoms with Gasteiger partial charge in [0.2, 0.25) is 0 Å². The third-order valence-electron chi connectivity index (χ3n) is 3.44. The molecule has 18 heavy (non-hydrogen) atoms. The van der Waals surface area contributed by atoms with Gasteiger partial charge in [-0.25, -0.2) is 0 Å². The molecule has 0 saturated heterocycles. The zero-order chi connectivity index (χ0) is 13.5. The number of hydrogen-bond donors (Lipinski definition) is 1. The Morgan fingerprint density at radius 3 is 2.11 bits per heavy atom. The maximum absolute atomic E-state index is 5.78. The van der Waals surface area contributed by atoms with Crippen LogP contribution in [-0.4, -0.2) is 12.1 Å². The first kappa shape index (κ1) is 15.0. The first-order valence-electron chi connectivity index (χ1n) is 7.09. The van der Waals surface area contributed by atoms with Crippen molar-refractivity contribution in [1.82, 2.24) is 5.32 Å². The number of nitrogens with one attached hydrogen (secondary N) is 1. The van der Waals surface area contributed by atoms with Crippen molar-refractivity contribution in [2.24, 2.45) is 0 Å². The quantitative estimate of drug-likeness (QED) is 0.777. The molecule has 0 aliphatic rings. The second-order valence-corrected chi connectivity index (χ2v) is 5.10. The smallest absolute Gasteiger partial charge is 0.119 e. The third kappa shape index (κ3) is 4.69. The van der Waals surface area contributed by atoms with Gasteiger partial charge in [0.25, 0.3) is 0 Å². The Balaban J connectivity index is 2.59. The predicted molar refractivity (Wildman–Crippen MR) is 78.1 cm³/mol. The van der Waals surface area contributed by atoms with Gasteiger partial charge in [0.05, 0.1) is 6.10 Å². The van der Waals surface area contributed by atoms with Gasteiger partial charge in [-0.15, -0.1) is 0 Å². The Kier molecular flexibility index (Phi) is 6.20.